The quantitative estimate of drug-likeness (QED) is 0.845. The Hall–Kier alpha value is -1.79. The van der Waals surface area contributed by atoms with Crippen LogP contribution in [0.3, 0.4) is 0 Å². The predicted molar refractivity (Wildman–Crippen MR) is 74.9 cm³/mol. The van der Waals surface area contributed by atoms with Gasteiger partial charge in [0.25, 0.3) is 0 Å². The summed E-state index contributed by atoms with van der Waals surface area (Å²) in [5, 5.41) is 14.0. The average molecular weight is 260 g/mol. The second kappa shape index (κ2) is 5.70. The number of aromatic nitrogens is 1. The van der Waals surface area contributed by atoms with E-state index in [4.69, 9.17) is 16.9 Å². The van der Waals surface area contributed by atoms with Crippen molar-refractivity contribution in [2.45, 2.75) is 19.8 Å². The molecule has 4 heteroatoms. The normalized spacial score (nSPS) is 10.3. The second-order valence-corrected chi connectivity index (χ2v) is 4.54. The fourth-order valence-electron chi connectivity index (χ4n) is 1.83. The largest absolute Gasteiger partial charge is 0.383 e. The van der Waals surface area contributed by atoms with E-state index in [9.17, 15) is 0 Å². The lowest BCUT2D eigenvalue weighted by Gasteiger charge is -2.10. The van der Waals surface area contributed by atoms with Gasteiger partial charge in [-0.2, -0.15) is 5.26 Å². The molecule has 0 aliphatic heterocycles. The molecule has 0 bridgehead atoms. The molecule has 0 atom stereocenters. The van der Waals surface area contributed by atoms with E-state index >= 15 is 0 Å². The van der Waals surface area contributed by atoms with E-state index in [2.05, 4.69) is 23.3 Å². The van der Waals surface area contributed by atoms with Gasteiger partial charge in [0.15, 0.2) is 0 Å². The minimum atomic E-state index is 0.570. The van der Waals surface area contributed by atoms with Gasteiger partial charge in [-0.05, 0) is 24.6 Å². The van der Waals surface area contributed by atoms with Crippen LogP contribution in [0.2, 0.25) is 5.02 Å². The molecule has 18 heavy (non-hydrogen) atoms. The van der Waals surface area contributed by atoms with Crippen molar-refractivity contribution in [3.63, 3.8) is 0 Å². The Morgan fingerprint density at radius 3 is 3.00 bits per heavy atom. The van der Waals surface area contributed by atoms with Gasteiger partial charge in [-0.25, -0.2) is 0 Å². The van der Waals surface area contributed by atoms with Gasteiger partial charge in [0.05, 0.1) is 16.8 Å². The lowest BCUT2D eigenvalue weighted by molar-refractivity contribution is 0.834. The van der Waals surface area contributed by atoms with Gasteiger partial charge in [0.2, 0.25) is 0 Å². The second-order valence-electron chi connectivity index (χ2n) is 4.10. The standard InChI is InChI=1S/C14H14ClN3/c1-2-3-6-17-14-10(8-16)9-18-13-7-11(15)4-5-12(13)14/h4-5,7,9H,2-3,6H2,1H3,(H,17,18). The topological polar surface area (TPSA) is 48.7 Å². The minimum absolute atomic E-state index is 0.570. The van der Waals surface area contributed by atoms with Crippen molar-refractivity contribution in [3.8, 4) is 6.07 Å². The number of fused-ring (bicyclic) bond motifs is 1. The molecule has 2 rings (SSSR count). The monoisotopic (exact) mass is 259 g/mol. The van der Waals surface area contributed by atoms with E-state index in [0.717, 1.165) is 36.0 Å². The molecule has 1 N–H and O–H groups in total. The zero-order chi connectivity index (χ0) is 13.0. The molecule has 1 aromatic heterocycles. The third-order valence-corrected chi connectivity index (χ3v) is 3.02. The van der Waals surface area contributed by atoms with Crippen molar-refractivity contribution in [3.05, 3.63) is 35.0 Å². The number of nitrogens with zero attached hydrogens (tertiary/aromatic N) is 2. The van der Waals surface area contributed by atoms with Crippen LogP contribution in [0, 0.1) is 11.3 Å². The predicted octanol–water partition coefficient (Wildman–Crippen LogP) is 3.97. The van der Waals surface area contributed by atoms with Crippen LogP contribution in [0.25, 0.3) is 10.9 Å². The third-order valence-electron chi connectivity index (χ3n) is 2.78. The van der Waals surface area contributed by atoms with Crippen LogP contribution in [0.5, 0.6) is 0 Å². The molecule has 0 spiro atoms. The lowest BCUT2D eigenvalue weighted by atomic mass is 10.1. The van der Waals surface area contributed by atoms with Gasteiger partial charge in [0, 0.05) is 23.2 Å². The van der Waals surface area contributed by atoms with Gasteiger partial charge in [-0.15, -0.1) is 0 Å². The number of hydrogen-bond acceptors (Lipinski definition) is 3. The molecule has 3 nitrogen and oxygen atoms in total. The molecule has 0 aliphatic carbocycles. The summed E-state index contributed by atoms with van der Waals surface area (Å²) >= 11 is 5.95. The summed E-state index contributed by atoms with van der Waals surface area (Å²) in [5.41, 5.74) is 2.23. The Kier molecular flexibility index (Phi) is 4.01. The minimum Gasteiger partial charge on any atom is -0.383 e. The maximum absolute atomic E-state index is 9.13. The van der Waals surface area contributed by atoms with E-state index in [-0.39, 0.29) is 0 Å². The SMILES string of the molecule is CCCCNc1c(C#N)cnc2cc(Cl)ccc12. The van der Waals surface area contributed by atoms with E-state index in [1.54, 1.807) is 6.20 Å². The summed E-state index contributed by atoms with van der Waals surface area (Å²) in [4.78, 5) is 4.25. The van der Waals surface area contributed by atoms with Crippen LogP contribution in [-0.4, -0.2) is 11.5 Å². The van der Waals surface area contributed by atoms with Gasteiger partial charge >= 0.3 is 0 Å². The number of hydrogen-bond donors (Lipinski definition) is 1. The van der Waals surface area contributed by atoms with Crippen molar-refractivity contribution in [2.24, 2.45) is 0 Å². The zero-order valence-corrected chi connectivity index (χ0v) is 11.0. The van der Waals surface area contributed by atoms with E-state index in [1.807, 2.05) is 18.2 Å². The Bertz CT molecular complexity index is 602. The highest BCUT2D eigenvalue weighted by Gasteiger charge is 2.08. The van der Waals surface area contributed by atoms with Crippen molar-refractivity contribution in [2.75, 3.05) is 11.9 Å². The molecule has 0 amide bonds. The van der Waals surface area contributed by atoms with Crippen LogP contribution in [0.15, 0.2) is 24.4 Å². The summed E-state index contributed by atoms with van der Waals surface area (Å²) < 4.78 is 0. The molecule has 0 saturated heterocycles. The molecular weight excluding hydrogens is 246 g/mol. The number of pyridine rings is 1. The Balaban J connectivity index is 2.48. The number of rotatable bonds is 4. The van der Waals surface area contributed by atoms with Crippen LogP contribution in [0.4, 0.5) is 5.69 Å². The molecular formula is C14H14ClN3. The fourth-order valence-corrected chi connectivity index (χ4v) is 2.00. The highest BCUT2D eigenvalue weighted by Crippen LogP contribution is 2.27. The Morgan fingerprint density at radius 2 is 2.28 bits per heavy atom. The number of anilines is 1. The maximum atomic E-state index is 9.13. The van der Waals surface area contributed by atoms with Crippen molar-refractivity contribution >= 4 is 28.2 Å². The first-order valence-corrected chi connectivity index (χ1v) is 6.36. The number of nitriles is 1. The molecule has 92 valence electrons. The van der Waals surface area contributed by atoms with E-state index in [1.165, 1.54) is 0 Å². The van der Waals surface area contributed by atoms with Gasteiger partial charge in [-0.3, -0.25) is 4.98 Å². The summed E-state index contributed by atoms with van der Waals surface area (Å²) in [6, 6.07) is 7.70. The third kappa shape index (κ3) is 2.55. The number of nitrogens with one attached hydrogen (secondary N) is 1. The summed E-state index contributed by atoms with van der Waals surface area (Å²) in [5.74, 6) is 0. The lowest BCUT2D eigenvalue weighted by Crippen LogP contribution is -2.04. The number of unbranched alkanes of at least 4 members (excludes halogenated alkanes) is 1. The van der Waals surface area contributed by atoms with Gasteiger partial charge in [-0.1, -0.05) is 24.9 Å². The molecule has 1 aromatic carbocycles. The first-order chi connectivity index (χ1) is 8.76. The van der Waals surface area contributed by atoms with Crippen LogP contribution in [0.1, 0.15) is 25.3 Å². The van der Waals surface area contributed by atoms with Crippen LogP contribution < -0.4 is 5.32 Å². The highest BCUT2D eigenvalue weighted by molar-refractivity contribution is 6.31. The molecule has 0 unspecified atom stereocenters. The molecule has 0 radical (unpaired) electrons. The fraction of sp³-hybridized carbons (Fsp3) is 0.286. The van der Waals surface area contributed by atoms with E-state index < -0.39 is 0 Å². The molecule has 1 heterocycles. The molecule has 0 fully saturated rings. The summed E-state index contributed by atoms with van der Waals surface area (Å²) in [6.07, 6.45) is 3.78. The van der Waals surface area contributed by atoms with Crippen molar-refractivity contribution in [1.82, 2.24) is 4.98 Å². The molecule has 2 aromatic rings. The van der Waals surface area contributed by atoms with Crippen LogP contribution >= 0.6 is 11.6 Å². The molecule has 0 aliphatic rings. The maximum Gasteiger partial charge on any atom is 0.103 e. The van der Waals surface area contributed by atoms with Gasteiger partial charge < -0.3 is 5.32 Å². The smallest absolute Gasteiger partial charge is 0.103 e. The van der Waals surface area contributed by atoms with Crippen molar-refractivity contribution < 1.29 is 0 Å². The zero-order valence-electron chi connectivity index (χ0n) is 10.2. The first-order valence-electron chi connectivity index (χ1n) is 5.98. The Labute approximate surface area is 111 Å². The highest BCUT2D eigenvalue weighted by atomic mass is 35.5. The van der Waals surface area contributed by atoms with Crippen molar-refractivity contribution in [1.29, 1.82) is 5.26 Å². The van der Waals surface area contributed by atoms with Gasteiger partial charge in [0.1, 0.15) is 6.07 Å². The number of halogens is 1. The Morgan fingerprint density at radius 1 is 1.44 bits per heavy atom. The summed E-state index contributed by atoms with van der Waals surface area (Å²) in [7, 11) is 0. The average Bonchev–Trinajstić information content (AvgIpc) is 2.38. The van der Waals surface area contributed by atoms with E-state index in [0.29, 0.717) is 10.6 Å². The number of benzene rings is 1. The summed E-state index contributed by atoms with van der Waals surface area (Å²) in [6.45, 7) is 2.99. The molecule has 0 saturated carbocycles. The first kappa shape index (κ1) is 12.7. The van der Waals surface area contributed by atoms with Crippen LogP contribution in [-0.2, 0) is 0 Å².